The van der Waals surface area contributed by atoms with Crippen LogP contribution >= 0.6 is 0 Å². The third-order valence-electron chi connectivity index (χ3n) is 8.69. The zero-order valence-corrected chi connectivity index (χ0v) is 25.5. The molecule has 0 amide bonds. The van der Waals surface area contributed by atoms with Crippen LogP contribution in [0.4, 0.5) is 0 Å². The lowest BCUT2D eigenvalue weighted by atomic mass is 9.85. The summed E-state index contributed by atoms with van der Waals surface area (Å²) >= 11 is 0. The molecule has 206 valence electrons. The highest BCUT2D eigenvalue weighted by Gasteiger charge is 2.26. The number of aryl methyl sites for hydroxylation is 2. The Bertz CT molecular complexity index is 1810. The zero-order chi connectivity index (χ0) is 28.7. The average Bonchev–Trinajstić information content (AvgIpc) is 3.37. The maximum absolute atomic E-state index is 6.14. The van der Waals surface area contributed by atoms with Gasteiger partial charge in [0.05, 0.1) is 14.2 Å². The molecule has 0 unspecified atom stereocenters. The maximum atomic E-state index is 6.14. The van der Waals surface area contributed by atoms with Gasteiger partial charge in [-0.3, -0.25) is 0 Å². The largest absolute Gasteiger partial charge is 0.496 e. The van der Waals surface area contributed by atoms with E-state index in [-0.39, 0.29) is 10.8 Å². The molecule has 4 heteroatoms. The van der Waals surface area contributed by atoms with Gasteiger partial charge in [-0.25, -0.2) is 0 Å². The van der Waals surface area contributed by atoms with E-state index in [1.165, 1.54) is 54.7 Å². The second kappa shape index (κ2) is 8.79. The summed E-state index contributed by atoms with van der Waals surface area (Å²) in [5, 5.41) is 4.84. The van der Waals surface area contributed by atoms with Crippen LogP contribution in [0.2, 0.25) is 0 Å². The van der Waals surface area contributed by atoms with E-state index in [0.29, 0.717) is 0 Å². The van der Waals surface area contributed by atoms with Gasteiger partial charge in [-0.1, -0.05) is 53.7 Å². The predicted molar refractivity (Wildman–Crippen MR) is 170 cm³/mol. The van der Waals surface area contributed by atoms with Gasteiger partial charge in [-0.05, 0) is 70.5 Å². The minimum atomic E-state index is 0.0338. The fourth-order valence-electron chi connectivity index (χ4n) is 6.34. The smallest absolute Gasteiger partial charge is 0.127 e. The van der Waals surface area contributed by atoms with Gasteiger partial charge >= 0.3 is 0 Å². The van der Waals surface area contributed by atoms with E-state index in [1.807, 2.05) is 0 Å². The van der Waals surface area contributed by atoms with Gasteiger partial charge in [-0.15, -0.1) is 0 Å². The Kier molecular flexibility index (Phi) is 5.78. The molecule has 0 saturated heterocycles. The standard InChI is InChI=1S/C36H40N2O2/c1-35(2,3)21-11-13-25-23(19-21)31-27(37(25)7)15-17-29(39-9)33(31)34-30(40-10)18-16-28-32(34)24-20-22(36(4,5)6)12-14-26(24)38(28)8/h11-20H,1-10H3. The highest BCUT2D eigenvalue weighted by atomic mass is 16.5. The molecule has 0 radical (unpaired) electrons. The minimum absolute atomic E-state index is 0.0338. The fraction of sp³-hybridized carbons (Fsp3) is 0.333. The number of rotatable bonds is 3. The molecule has 6 aromatic rings. The lowest BCUT2D eigenvalue weighted by Crippen LogP contribution is -2.10. The number of nitrogens with zero attached hydrogens (tertiary/aromatic N) is 2. The second-order valence-electron chi connectivity index (χ2n) is 13.2. The molecule has 40 heavy (non-hydrogen) atoms. The van der Waals surface area contributed by atoms with Gasteiger partial charge in [-0.2, -0.15) is 0 Å². The first-order chi connectivity index (χ1) is 18.9. The van der Waals surface area contributed by atoms with Crippen LogP contribution in [0.5, 0.6) is 11.5 Å². The normalized spacial score (nSPS) is 12.8. The van der Waals surface area contributed by atoms with Gasteiger partial charge < -0.3 is 18.6 Å². The van der Waals surface area contributed by atoms with Gasteiger partial charge in [0.25, 0.3) is 0 Å². The number of fused-ring (bicyclic) bond motifs is 6. The molecule has 2 aromatic heterocycles. The number of methoxy groups -OCH3 is 2. The van der Waals surface area contributed by atoms with Gasteiger partial charge in [0.15, 0.2) is 0 Å². The summed E-state index contributed by atoms with van der Waals surface area (Å²) in [4.78, 5) is 0. The van der Waals surface area contributed by atoms with Crippen molar-refractivity contribution in [3.8, 4) is 22.6 Å². The molecule has 0 saturated carbocycles. The Labute approximate surface area is 237 Å². The van der Waals surface area contributed by atoms with Crippen molar-refractivity contribution >= 4 is 43.6 Å². The van der Waals surface area contributed by atoms with Crippen LogP contribution in [0.3, 0.4) is 0 Å². The van der Waals surface area contributed by atoms with Gasteiger partial charge in [0.1, 0.15) is 11.5 Å². The van der Waals surface area contributed by atoms with E-state index < -0.39 is 0 Å². The Morgan fingerprint density at radius 2 is 0.850 bits per heavy atom. The molecule has 0 aliphatic heterocycles. The Hall–Kier alpha value is -3.92. The van der Waals surface area contributed by atoms with E-state index in [4.69, 9.17) is 9.47 Å². The zero-order valence-electron chi connectivity index (χ0n) is 25.5. The molecule has 0 atom stereocenters. The van der Waals surface area contributed by atoms with Gasteiger partial charge in [0, 0.05) is 68.8 Å². The monoisotopic (exact) mass is 532 g/mol. The van der Waals surface area contributed by atoms with Crippen molar-refractivity contribution in [2.45, 2.75) is 52.4 Å². The summed E-state index contributed by atoms with van der Waals surface area (Å²) in [5.41, 5.74) is 9.60. The fourth-order valence-corrected chi connectivity index (χ4v) is 6.34. The van der Waals surface area contributed by atoms with Crippen LogP contribution < -0.4 is 9.47 Å². The van der Waals surface area contributed by atoms with Crippen molar-refractivity contribution in [1.82, 2.24) is 9.13 Å². The molecule has 0 spiro atoms. The summed E-state index contributed by atoms with van der Waals surface area (Å²) in [6, 6.07) is 22.4. The highest BCUT2D eigenvalue weighted by molar-refractivity contribution is 6.23. The number of aromatic nitrogens is 2. The SMILES string of the molecule is COc1ccc2c(c1-c1c(OC)ccc3c1c1cc(C(C)(C)C)ccc1n3C)c1cc(C(C)(C)C)ccc1n2C. The molecule has 0 aliphatic carbocycles. The predicted octanol–water partition coefficient (Wildman–Crippen LogP) is 9.26. The van der Waals surface area contributed by atoms with Crippen molar-refractivity contribution in [1.29, 1.82) is 0 Å². The van der Waals surface area contributed by atoms with E-state index in [0.717, 1.165) is 22.6 Å². The topological polar surface area (TPSA) is 28.3 Å². The Balaban J connectivity index is 1.87. The number of ether oxygens (including phenoxy) is 2. The molecule has 2 heterocycles. The molecule has 0 bridgehead atoms. The van der Waals surface area contributed by atoms with E-state index in [9.17, 15) is 0 Å². The molecule has 6 rings (SSSR count). The number of benzene rings is 4. The molecule has 0 fully saturated rings. The summed E-state index contributed by atoms with van der Waals surface area (Å²) in [6.45, 7) is 13.6. The highest BCUT2D eigenvalue weighted by Crippen LogP contribution is 2.50. The average molecular weight is 533 g/mol. The lowest BCUT2D eigenvalue weighted by molar-refractivity contribution is 0.411. The quantitative estimate of drug-likeness (QED) is 0.227. The summed E-state index contributed by atoms with van der Waals surface area (Å²) in [7, 11) is 7.85. The van der Waals surface area contributed by atoms with Crippen LogP contribution in [-0.2, 0) is 24.9 Å². The van der Waals surface area contributed by atoms with Crippen LogP contribution in [0.1, 0.15) is 52.7 Å². The van der Waals surface area contributed by atoms with E-state index in [1.54, 1.807) is 14.2 Å². The van der Waals surface area contributed by atoms with E-state index in [2.05, 4.69) is 125 Å². The number of hydrogen-bond acceptors (Lipinski definition) is 2. The van der Waals surface area contributed by atoms with Gasteiger partial charge in [0.2, 0.25) is 0 Å². The summed E-state index contributed by atoms with van der Waals surface area (Å²) in [5.74, 6) is 1.69. The summed E-state index contributed by atoms with van der Waals surface area (Å²) < 4.78 is 16.9. The molecule has 0 aliphatic rings. The van der Waals surface area contributed by atoms with Crippen LogP contribution in [0.25, 0.3) is 54.7 Å². The molecule has 4 nitrogen and oxygen atoms in total. The van der Waals surface area contributed by atoms with E-state index >= 15 is 0 Å². The maximum Gasteiger partial charge on any atom is 0.127 e. The van der Waals surface area contributed by atoms with Crippen molar-refractivity contribution < 1.29 is 9.47 Å². The molecule has 4 aromatic carbocycles. The van der Waals surface area contributed by atoms with Crippen molar-refractivity contribution in [2.75, 3.05) is 14.2 Å². The first kappa shape index (κ1) is 26.3. The van der Waals surface area contributed by atoms with Crippen LogP contribution in [0.15, 0.2) is 60.7 Å². The molecular weight excluding hydrogens is 492 g/mol. The molecular formula is C36H40N2O2. The Morgan fingerprint density at radius 3 is 1.18 bits per heavy atom. The third-order valence-corrected chi connectivity index (χ3v) is 8.69. The first-order valence-electron chi connectivity index (χ1n) is 14.1. The van der Waals surface area contributed by atoms with Crippen molar-refractivity contribution in [3.05, 3.63) is 71.8 Å². The first-order valence-corrected chi connectivity index (χ1v) is 14.1. The third kappa shape index (κ3) is 3.72. The molecule has 0 N–H and O–H groups in total. The second-order valence-corrected chi connectivity index (χ2v) is 13.2. The Morgan fingerprint density at radius 1 is 0.500 bits per heavy atom. The van der Waals surface area contributed by atoms with Crippen LogP contribution in [-0.4, -0.2) is 23.4 Å². The summed E-state index contributed by atoms with van der Waals surface area (Å²) in [6.07, 6.45) is 0. The number of hydrogen-bond donors (Lipinski definition) is 0. The van der Waals surface area contributed by atoms with Crippen molar-refractivity contribution in [3.63, 3.8) is 0 Å². The van der Waals surface area contributed by atoms with Crippen LogP contribution in [0, 0.1) is 0 Å². The van der Waals surface area contributed by atoms with Crippen molar-refractivity contribution in [2.24, 2.45) is 14.1 Å². The lowest BCUT2D eigenvalue weighted by Gasteiger charge is -2.20. The minimum Gasteiger partial charge on any atom is -0.496 e.